The third kappa shape index (κ3) is 8.33. The Bertz CT molecular complexity index is 1420. The summed E-state index contributed by atoms with van der Waals surface area (Å²) in [6.07, 6.45) is 1.73. The molecular formula is C32H40ClN3O4S. The molecule has 7 nitrogen and oxygen atoms in total. The number of rotatable bonds is 13. The summed E-state index contributed by atoms with van der Waals surface area (Å²) in [6.45, 7) is 9.70. The van der Waals surface area contributed by atoms with Gasteiger partial charge in [0, 0.05) is 18.1 Å². The molecule has 1 N–H and O–H groups in total. The average molecular weight is 598 g/mol. The van der Waals surface area contributed by atoms with Gasteiger partial charge in [-0.25, -0.2) is 8.42 Å². The molecular weight excluding hydrogens is 558 g/mol. The van der Waals surface area contributed by atoms with Crippen LogP contribution in [0.25, 0.3) is 0 Å². The lowest BCUT2D eigenvalue weighted by Gasteiger charge is -2.32. The van der Waals surface area contributed by atoms with E-state index in [1.807, 2.05) is 26.0 Å². The highest BCUT2D eigenvalue weighted by Crippen LogP contribution is 2.27. The first-order chi connectivity index (χ1) is 19.4. The molecule has 220 valence electrons. The first-order valence-electron chi connectivity index (χ1n) is 14.0. The van der Waals surface area contributed by atoms with Gasteiger partial charge in [-0.3, -0.25) is 13.9 Å². The normalized spacial score (nSPS) is 12.2. The van der Waals surface area contributed by atoms with Crippen LogP contribution in [0.1, 0.15) is 63.1 Å². The van der Waals surface area contributed by atoms with E-state index >= 15 is 0 Å². The fourth-order valence-electron chi connectivity index (χ4n) is 4.32. The van der Waals surface area contributed by atoms with E-state index in [-0.39, 0.29) is 23.3 Å². The van der Waals surface area contributed by atoms with Gasteiger partial charge in [-0.1, -0.05) is 86.8 Å². The minimum absolute atomic E-state index is 0.0472. The van der Waals surface area contributed by atoms with E-state index < -0.39 is 28.5 Å². The van der Waals surface area contributed by atoms with Crippen molar-refractivity contribution in [2.24, 2.45) is 0 Å². The number of aryl methyl sites for hydroxylation is 1. The average Bonchev–Trinajstić information content (AvgIpc) is 2.95. The van der Waals surface area contributed by atoms with Crippen LogP contribution in [0.4, 0.5) is 5.69 Å². The molecule has 1 atom stereocenters. The van der Waals surface area contributed by atoms with Gasteiger partial charge in [-0.15, -0.1) is 0 Å². The van der Waals surface area contributed by atoms with Crippen molar-refractivity contribution in [3.8, 4) is 0 Å². The lowest BCUT2D eigenvalue weighted by molar-refractivity contribution is -0.139. The molecule has 0 unspecified atom stereocenters. The van der Waals surface area contributed by atoms with Gasteiger partial charge in [0.25, 0.3) is 10.0 Å². The highest BCUT2D eigenvalue weighted by Gasteiger charge is 2.32. The van der Waals surface area contributed by atoms with E-state index in [1.54, 1.807) is 55.5 Å². The van der Waals surface area contributed by atoms with Gasteiger partial charge >= 0.3 is 0 Å². The number of carbonyl (C=O) groups excluding carboxylic acids is 2. The molecule has 2 amide bonds. The molecule has 3 aromatic carbocycles. The highest BCUT2D eigenvalue weighted by atomic mass is 35.5. The van der Waals surface area contributed by atoms with Crippen LogP contribution in [-0.2, 0) is 26.2 Å². The molecule has 0 saturated carbocycles. The van der Waals surface area contributed by atoms with E-state index in [4.69, 9.17) is 11.6 Å². The van der Waals surface area contributed by atoms with E-state index in [9.17, 15) is 18.0 Å². The number of anilines is 1. The molecule has 9 heteroatoms. The summed E-state index contributed by atoms with van der Waals surface area (Å²) in [4.78, 5) is 28.6. The number of nitrogens with zero attached hydrogens (tertiary/aromatic N) is 2. The molecule has 0 aliphatic carbocycles. The molecule has 0 aliphatic heterocycles. The van der Waals surface area contributed by atoms with Gasteiger partial charge < -0.3 is 10.2 Å². The Balaban J connectivity index is 2.03. The molecule has 0 spiro atoms. The minimum Gasteiger partial charge on any atom is -0.354 e. The predicted octanol–water partition coefficient (Wildman–Crippen LogP) is 6.30. The number of carbonyl (C=O) groups is 2. The van der Waals surface area contributed by atoms with Crippen LogP contribution >= 0.6 is 11.6 Å². The highest BCUT2D eigenvalue weighted by molar-refractivity contribution is 7.92. The molecule has 0 aliphatic rings. The van der Waals surface area contributed by atoms with Gasteiger partial charge in [0.2, 0.25) is 11.8 Å². The zero-order valence-corrected chi connectivity index (χ0v) is 26.0. The second-order valence-electron chi connectivity index (χ2n) is 10.5. The largest absolute Gasteiger partial charge is 0.354 e. The number of amides is 2. The first-order valence-corrected chi connectivity index (χ1v) is 15.8. The van der Waals surface area contributed by atoms with Crippen molar-refractivity contribution < 1.29 is 18.0 Å². The van der Waals surface area contributed by atoms with Gasteiger partial charge in [0.05, 0.1) is 10.6 Å². The van der Waals surface area contributed by atoms with Crippen molar-refractivity contribution >= 4 is 39.1 Å². The fourth-order valence-corrected chi connectivity index (χ4v) is 5.93. The van der Waals surface area contributed by atoms with Crippen LogP contribution in [0.2, 0.25) is 5.02 Å². The van der Waals surface area contributed by atoms with Gasteiger partial charge in [-0.05, 0) is 67.6 Å². The van der Waals surface area contributed by atoms with Crippen molar-refractivity contribution in [1.82, 2.24) is 10.2 Å². The third-order valence-corrected chi connectivity index (χ3v) is 9.19. The quantitative estimate of drug-likeness (QED) is 0.234. The fraction of sp³-hybridized carbons (Fsp3) is 0.375. The number of halogens is 1. The van der Waals surface area contributed by atoms with E-state index in [1.165, 1.54) is 17.0 Å². The maximum Gasteiger partial charge on any atom is 0.264 e. The van der Waals surface area contributed by atoms with Crippen LogP contribution in [0.5, 0.6) is 0 Å². The Morgan fingerprint density at radius 1 is 0.927 bits per heavy atom. The molecule has 0 bridgehead atoms. The monoisotopic (exact) mass is 597 g/mol. The molecule has 3 aromatic rings. The van der Waals surface area contributed by atoms with E-state index in [2.05, 4.69) is 19.2 Å². The molecule has 41 heavy (non-hydrogen) atoms. The lowest BCUT2D eigenvalue weighted by atomic mass is 10.0. The SMILES string of the molecule is CCCCNC(=O)[C@H](C)N(Cc1ccccc1Cl)C(=O)CN(c1ccc(C(C)C)cc1)S(=O)(=O)c1ccc(C)cc1. The van der Waals surface area contributed by atoms with Crippen LogP contribution < -0.4 is 9.62 Å². The second kappa shape index (κ2) is 14.5. The Hall–Kier alpha value is -3.36. The zero-order chi connectivity index (χ0) is 30.2. The minimum atomic E-state index is -4.12. The summed E-state index contributed by atoms with van der Waals surface area (Å²) in [5.41, 5.74) is 2.98. The first kappa shape index (κ1) is 32.2. The number of benzene rings is 3. The molecule has 0 fully saturated rings. The van der Waals surface area contributed by atoms with Crippen molar-refractivity contribution in [3.63, 3.8) is 0 Å². The number of nitrogens with one attached hydrogen (secondary N) is 1. The number of sulfonamides is 1. The van der Waals surface area contributed by atoms with Crippen molar-refractivity contribution in [3.05, 3.63) is 94.5 Å². The summed E-state index contributed by atoms with van der Waals surface area (Å²) in [5.74, 6) is -0.578. The Labute approximate surface area is 249 Å². The Kier molecular flexibility index (Phi) is 11.4. The Morgan fingerprint density at radius 2 is 1.56 bits per heavy atom. The lowest BCUT2D eigenvalue weighted by Crippen LogP contribution is -2.51. The zero-order valence-electron chi connectivity index (χ0n) is 24.4. The van der Waals surface area contributed by atoms with Crippen LogP contribution in [0.15, 0.2) is 77.7 Å². The van der Waals surface area contributed by atoms with Gasteiger partial charge in [-0.2, -0.15) is 0 Å². The van der Waals surface area contributed by atoms with Crippen molar-refractivity contribution in [2.75, 3.05) is 17.4 Å². The number of hydrogen-bond donors (Lipinski definition) is 1. The Morgan fingerprint density at radius 3 is 2.15 bits per heavy atom. The van der Waals surface area contributed by atoms with Gasteiger partial charge in [0.1, 0.15) is 12.6 Å². The van der Waals surface area contributed by atoms with Crippen molar-refractivity contribution in [2.45, 2.75) is 70.9 Å². The van der Waals surface area contributed by atoms with Gasteiger partial charge in [0.15, 0.2) is 0 Å². The molecule has 3 rings (SSSR count). The predicted molar refractivity (Wildman–Crippen MR) is 166 cm³/mol. The second-order valence-corrected chi connectivity index (χ2v) is 12.8. The topological polar surface area (TPSA) is 86.8 Å². The summed E-state index contributed by atoms with van der Waals surface area (Å²) in [7, 11) is -4.12. The molecule has 0 saturated heterocycles. The summed E-state index contributed by atoms with van der Waals surface area (Å²) in [6, 6.07) is 19.9. The molecule has 0 radical (unpaired) electrons. The van der Waals surface area contributed by atoms with Crippen molar-refractivity contribution in [1.29, 1.82) is 0 Å². The van der Waals surface area contributed by atoms with E-state index in [0.717, 1.165) is 28.3 Å². The number of unbranched alkanes of at least 4 members (excludes halogenated alkanes) is 1. The summed E-state index contributed by atoms with van der Waals surface area (Å²) in [5, 5.41) is 3.34. The third-order valence-electron chi connectivity index (χ3n) is 7.03. The van der Waals surface area contributed by atoms with Crippen LogP contribution in [-0.4, -0.2) is 44.3 Å². The molecule has 0 aromatic heterocycles. The molecule has 0 heterocycles. The maximum absolute atomic E-state index is 14.0. The number of hydrogen-bond acceptors (Lipinski definition) is 4. The van der Waals surface area contributed by atoms with E-state index in [0.29, 0.717) is 22.8 Å². The smallest absolute Gasteiger partial charge is 0.264 e. The van der Waals surface area contributed by atoms with Crippen LogP contribution in [0, 0.1) is 6.92 Å². The maximum atomic E-state index is 14.0. The summed E-state index contributed by atoms with van der Waals surface area (Å²) < 4.78 is 29.0. The van der Waals surface area contributed by atoms with Crippen LogP contribution in [0.3, 0.4) is 0 Å². The summed E-state index contributed by atoms with van der Waals surface area (Å²) >= 11 is 6.42. The standard InChI is InChI=1S/C32H40ClN3O4S/c1-6-7-20-34-32(38)25(5)35(21-27-10-8-9-11-30(27)33)31(37)22-36(28-16-14-26(15-17-28)23(2)3)41(39,40)29-18-12-24(4)13-19-29/h8-19,23,25H,6-7,20-22H2,1-5H3,(H,34,38)/t25-/m0/s1.